The van der Waals surface area contributed by atoms with E-state index >= 15 is 0 Å². The van der Waals surface area contributed by atoms with Crippen molar-refractivity contribution < 1.29 is 9.59 Å². The van der Waals surface area contributed by atoms with E-state index in [-0.39, 0.29) is 24.8 Å². The van der Waals surface area contributed by atoms with E-state index in [0.717, 1.165) is 12.6 Å². The Balaban J connectivity index is 4.04. The molecule has 14 heavy (non-hydrogen) atoms. The normalized spacial score (nSPS) is 11.9. The largest absolute Gasteiger partial charge is 0.342 e. The number of likely N-dealkylation sites (N-methyl/N-ethyl adjacent to an activating group) is 1. The van der Waals surface area contributed by atoms with Crippen LogP contribution in [0.2, 0.25) is 6.32 Å². The van der Waals surface area contributed by atoms with Crippen LogP contribution in [0, 0.1) is 0 Å². The molecule has 0 aromatic rings. The highest BCUT2D eigenvalue weighted by atomic mass is 127. The minimum Gasteiger partial charge on any atom is -0.342 e. The summed E-state index contributed by atoms with van der Waals surface area (Å²) in [6.45, 7) is 0.447. The summed E-state index contributed by atoms with van der Waals surface area (Å²) in [6.07, 6.45) is 2.10. The maximum atomic E-state index is 11.5. The summed E-state index contributed by atoms with van der Waals surface area (Å²) < 4.78 is 0. The minimum absolute atomic E-state index is 0.0224. The lowest BCUT2D eigenvalue weighted by molar-refractivity contribution is -0.132. The number of amides is 1. The fraction of sp³-hybridized carbons (Fsp3) is 0.750. The van der Waals surface area contributed by atoms with E-state index in [1.54, 1.807) is 11.9 Å². The third-order valence-corrected chi connectivity index (χ3v) is 2.56. The lowest BCUT2D eigenvalue weighted by atomic mass is 9.96. The van der Waals surface area contributed by atoms with Crippen LogP contribution in [0.5, 0.6) is 0 Å². The third-order valence-electron chi connectivity index (χ3n) is 2.05. The SMILES string of the molecule is CN(C(=O)CCC=O)C(CN)C[B]I. The van der Waals surface area contributed by atoms with Gasteiger partial charge < -0.3 is 15.4 Å². The molecule has 0 aliphatic carbocycles. The molecular formula is C8H15BIN2O2. The molecule has 0 bridgehead atoms. The first-order valence-corrected chi connectivity index (χ1v) is 5.73. The minimum atomic E-state index is -0.0224. The summed E-state index contributed by atoms with van der Waals surface area (Å²) in [6, 6.07) is 0.0473. The number of rotatable bonds is 7. The van der Waals surface area contributed by atoms with E-state index in [0.29, 0.717) is 6.54 Å². The molecular weight excluding hydrogens is 294 g/mol. The maximum Gasteiger partial charge on any atom is 0.223 e. The van der Waals surface area contributed by atoms with Crippen LogP contribution >= 0.6 is 22.4 Å². The van der Waals surface area contributed by atoms with Crippen molar-refractivity contribution in [1.29, 1.82) is 0 Å². The lowest BCUT2D eigenvalue weighted by Crippen LogP contribution is -2.41. The predicted molar refractivity (Wildman–Crippen MR) is 65.5 cm³/mol. The molecule has 1 radical (unpaired) electrons. The van der Waals surface area contributed by atoms with E-state index in [1.165, 1.54) is 0 Å². The van der Waals surface area contributed by atoms with Crippen LogP contribution in [0.1, 0.15) is 12.8 Å². The Kier molecular flexibility index (Phi) is 8.16. The van der Waals surface area contributed by atoms with Crippen molar-refractivity contribution in [2.24, 2.45) is 5.73 Å². The first-order chi connectivity index (χ1) is 6.67. The van der Waals surface area contributed by atoms with Gasteiger partial charge in [-0.05, 0) is 6.32 Å². The molecule has 0 fully saturated rings. The van der Waals surface area contributed by atoms with Crippen molar-refractivity contribution in [3.63, 3.8) is 0 Å². The van der Waals surface area contributed by atoms with Crippen molar-refractivity contribution in [3.8, 4) is 0 Å². The zero-order valence-corrected chi connectivity index (χ0v) is 10.4. The van der Waals surface area contributed by atoms with Crippen molar-refractivity contribution in [1.82, 2.24) is 4.90 Å². The van der Waals surface area contributed by atoms with Gasteiger partial charge in [-0.2, -0.15) is 22.4 Å². The van der Waals surface area contributed by atoms with Gasteiger partial charge in [0.25, 0.3) is 0 Å². The molecule has 0 aromatic heterocycles. The van der Waals surface area contributed by atoms with Gasteiger partial charge in [-0.15, -0.1) is 0 Å². The average molecular weight is 309 g/mol. The van der Waals surface area contributed by atoms with Gasteiger partial charge in [0.2, 0.25) is 11.0 Å². The highest BCUT2D eigenvalue weighted by molar-refractivity contribution is 14.1. The summed E-state index contributed by atoms with van der Waals surface area (Å²) in [5.74, 6) is -0.0224. The predicted octanol–water partition coefficient (Wildman–Crippen LogP) is 0.224. The number of nitrogens with two attached hydrogens (primary N) is 1. The summed E-state index contributed by atoms with van der Waals surface area (Å²) in [4.78, 5) is 23.2. The Morgan fingerprint density at radius 2 is 2.36 bits per heavy atom. The second-order valence-corrected chi connectivity index (χ2v) is 3.87. The van der Waals surface area contributed by atoms with Gasteiger partial charge in [-0.25, -0.2) is 0 Å². The third kappa shape index (κ3) is 4.95. The molecule has 0 rings (SSSR count). The van der Waals surface area contributed by atoms with Crippen LogP contribution in [0.25, 0.3) is 0 Å². The second-order valence-electron chi connectivity index (χ2n) is 2.99. The highest BCUT2D eigenvalue weighted by Crippen LogP contribution is 2.05. The molecule has 0 aliphatic heterocycles. The Morgan fingerprint density at radius 1 is 1.71 bits per heavy atom. The molecule has 0 spiro atoms. The van der Waals surface area contributed by atoms with E-state index in [1.807, 2.05) is 5.14 Å². The molecule has 2 N–H and O–H groups in total. The average Bonchev–Trinajstić information content (AvgIpc) is 2.21. The molecule has 6 heteroatoms. The number of carbonyl (C=O) groups excluding carboxylic acids is 2. The lowest BCUT2D eigenvalue weighted by Gasteiger charge is -2.26. The van der Waals surface area contributed by atoms with Gasteiger partial charge >= 0.3 is 0 Å². The topological polar surface area (TPSA) is 63.4 Å². The van der Waals surface area contributed by atoms with Crippen molar-refractivity contribution >= 4 is 39.7 Å². The number of carbonyl (C=O) groups is 2. The molecule has 0 saturated carbocycles. The zero-order chi connectivity index (χ0) is 11.0. The van der Waals surface area contributed by atoms with Crippen LogP contribution in [-0.2, 0) is 9.59 Å². The fourth-order valence-corrected chi connectivity index (χ4v) is 1.66. The molecule has 79 valence electrons. The quantitative estimate of drug-likeness (QED) is 0.416. The number of nitrogens with zero attached hydrogens (tertiary/aromatic N) is 1. The Bertz CT molecular complexity index is 192. The smallest absolute Gasteiger partial charge is 0.223 e. The zero-order valence-electron chi connectivity index (χ0n) is 8.28. The first-order valence-electron chi connectivity index (χ1n) is 4.48. The van der Waals surface area contributed by atoms with E-state index < -0.39 is 0 Å². The number of hydrogen-bond donors (Lipinski definition) is 1. The van der Waals surface area contributed by atoms with E-state index in [2.05, 4.69) is 22.4 Å². The number of aldehydes is 1. The molecule has 1 amide bonds. The van der Waals surface area contributed by atoms with Gasteiger partial charge in [-0.3, -0.25) is 4.79 Å². The Hall–Kier alpha value is -0.105. The summed E-state index contributed by atoms with van der Waals surface area (Å²) in [5.41, 5.74) is 5.54. The van der Waals surface area contributed by atoms with Crippen LogP contribution in [0.15, 0.2) is 0 Å². The molecule has 0 aliphatic rings. The van der Waals surface area contributed by atoms with Gasteiger partial charge in [0.05, 0.1) is 0 Å². The maximum absolute atomic E-state index is 11.5. The van der Waals surface area contributed by atoms with E-state index in [9.17, 15) is 9.59 Å². The van der Waals surface area contributed by atoms with Crippen LogP contribution in [-0.4, -0.2) is 41.9 Å². The van der Waals surface area contributed by atoms with Crippen molar-refractivity contribution in [2.75, 3.05) is 13.6 Å². The standard InChI is InChI=1S/C8H15BIN2O2/c1-12(7(6-11)5-9-10)8(14)3-2-4-13/h4,7H,2-3,5-6,11H2,1H3. The first kappa shape index (κ1) is 13.9. The summed E-state index contributed by atoms with van der Waals surface area (Å²) in [7, 11) is 1.73. The number of halogens is 1. The van der Waals surface area contributed by atoms with Crippen LogP contribution in [0.3, 0.4) is 0 Å². The number of hydrogen-bond acceptors (Lipinski definition) is 3. The molecule has 4 nitrogen and oxygen atoms in total. The van der Waals surface area contributed by atoms with Crippen LogP contribution < -0.4 is 5.73 Å². The van der Waals surface area contributed by atoms with Gasteiger partial charge in [-0.1, -0.05) is 0 Å². The second kappa shape index (κ2) is 8.22. The molecule has 0 aromatic carbocycles. The fourth-order valence-electron chi connectivity index (χ4n) is 1.08. The highest BCUT2D eigenvalue weighted by Gasteiger charge is 2.17. The monoisotopic (exact) mass is 309 g/mol. The Morgan fingerprint density at radius 3 is 2.79 bits per heavy atom. The van der Waals surface area contributed by atoms with Gasteiger partial charge in [0.15, 0.2) is 0 Å². The molecule has 0 heterocycles. The Labute approximate surface area is 98.7 Å². The van der Waals surface area contributed by atoms with Gasteiger partial charge in [0.1, 0.15) is 6.29 Å². The van der Waals surface area contributed by atoms with Crippen molar-refractivity contribution in [2.45, 2.75) is 25.2 Å². The molecule has 1 unspecified atom stereocenters. The van der Waals surface area contributed by atoms with Crippen molar-refractivity contribution in [3.05, 3.63) is 0 Å². The summed E-state index contributed by atoms with van der Waals surface area (Å²) in [5, 5.41) is 1.96. The van der Waals surface area contributed by atoms with E-state index in [4.69, 9.17) is 5.73 Å². The molecule has 1 atom stereocenters. The molecule has 0 saturated heterocycles. The van der Waals surface area contributed by atoms with Crippen LogP contribution in [0.4, 0.5) is 0 Å². The van der Waals surface area contributed by atoms with Gasteiger partial charge in [0, 0.05) is 32.5 Å². The summed E-state index contributed by atoms with van der Waals surface area (Å²) >= 11 is 2.14.